The van der Waals surface area contributed by atoms with E-state index in [0.29, 0.717) is 18.6 Å². The lowest BCUT2D eigenvalue weighted by molar-refractivity contribution is 0.179. The summed E-state index contributed by atoms with van der Waals surface area (Å²) in [5, 5.41) is 12.1. The van der Waals surface area contributed by atoms with E-state index in [1.807, 2.05) is 0 Å². The molecule has 2 nitrogen and oxygen atoms in total. The molecule has 1 heterocycles. The van der Waals surface area contributed by atoms with Gasteiger partial charge in [0, 0.05) is 6.04 Å². The first kappa shape index (κ1) is 7.03. The number of hydrogen-bond acceptors (Lipinski definition) is 2. The van der Waals surface area contributed by atoms with Gasteiger partial charge in [-0.15, -0.1) is 0 Å². The van der Waals surface area contributed by atoms with Crippen LogP contribution >= 0.6 is 0 Å². The Balaban J connectivity index is 2.30. The van der Waals surface area contributed by atoms with E-state index < -0.39 is 0 Å². The number of nitrogens with one attached hydrogen (secondary N) is 1. The van der Waals surface area contributed by atoms with Crippen molar-refractivity contribution >= 4 is 0 Å². The molecule has 0 aromatic heterocycles. The molecule has 0 spiro atoms. The van der Waals surface area contributed by atoms with Crippen molar-refractivity contribution in [3.8, 4) is 0 Å². The minimum Gasteiger partial charge on any atom is -0.395 e. The smallest absolute Gasteiger partial charge is 0.0587 e. The molecule has 0 amide bonds. The number of aliphatic hydroxyl groups is 1. The summed E-state index contributed by atoms with van der Waals surface area (Å²) in [6.45, 7) is 3.56. The Morgan fingerprint density at radius 2 is 2.44 bits per heavy atom. The molecule has 0 bridgehead atoms. The van der Waals surface area contributed by atoms with E-state index in [0.717, 1.165) is 6.54 Å². The molecule has 1 fully saturated rings. The first-order valence-corrected chi connectivity index (χ1v) is 3.69. The van der Waals surface area contributed by atoms with Crippen LogP contribution in [0.3, 0.4) is 0 Å². The maximum Gasteiger partial charge on any atom is 0.0587 e. The third-order valence-electron chi connectivity index (χ3n) is 2.13. The Kier molecular flexibility index (Phi) is 2.49. The Morgan fingerprint density at radius 1 is 1.67 bits per heavy atom. The van der Waals surface area contributed by atoms with Gasteiger partial charge in [-0.25, -0.2) is 0 Å². The predicted molar refractivity (Wildman–Crippen MR) is 37.3 cm³/mol. The number of hydrogen-bond donors (Lipinski definition) is 2. The van der Waals surface area contributed by atoms with Crippen LogP contribution in [0.5, 0.6) is 0 Å². The van der Waals surface area contributed by atoms with E-state index in [4.69, 9.17) is 5.11 Å². The summed E-state index contributed by atoms with van der Waals surface area (Å²) >= 11 is 0. The third-order valence-corrected chi connectivity index (χ3v) is 2.13. The second-order valence-corrected chi connectivity index (χ2v) is 2.86. The van der Waals surface area contributed by atoms with E-state index in [9.17, 15) is 0 Å². The Hall–Kier alpha value is -0.0800. The Bertz CT molecular complexity index is 85.0. The summed E-state index contributed by atoms with van der Waals surface area (Å²) in [7, 11) is 0. The van der Waals surface area contributed by atoms with Crippen molar-refractivity contribution in [1.82, 2.24) is 5.32 Å². The fourth-order valence-corrected chi connectivity index (χ4v) is 1.36. The predicted octanol–water partition coefficient (Wildman–Crippen LogP) is 0.367. The van der Waals surface area contributed by atoms with Crippen molar-refractivity contribution in [2.45, 2.75) is 25.8 Å². The van der Waals surface area contributed by atoms with E-state index in [1.54, 1.807) is 0 Å². The zero-order chi connectivity index (χ0) is 6.69. The highest BCUT2D eigenvalue weighted by molar-refractivity contribution is 4.76. The molecule has 0 aromatic carbocycles. The van der Waals surface area contributed by atoms with Crippen LogP contribution < -0.4 is 5.32 Å². The largest absolute Gasteiger partial charge is 0.395 e. The van der Waals surface area contributed by atoms with Crippen molar-refractivity contribution in [3.05, 3.63) is 0 Å². The molecule has 9 heavy (non-hydrogen) atoms. The van der Waals surface area contributed by atoms with E-state index >= 15 is 0 Å². The maximum absolute atomic E-state index is 8.80. The van der Waals surface area contributed by atoms with Crippen LogP contribution in [0, 0.1) is 5.92 Å². The second kappa shape index (κ2) is 3.18. The molecule has 2 N–H and O–H groups in total. The Morgan fingerprint density at radius 3 is 2.89 bits per heavy atom. The molecule has 2 atom stereocenters. The van der Waals surface area contributed by atoms with Crippen molar-refractivity contribution in [1.29, 1.82) is 0 Å². The molecular weight excluding hydrogens is 114 g/mol. The highest BCUT2D eigenvalue weighted by Crippen LogP contribution is 2.14. The molecule has 0 aromatic rings. The standard InChI is InChI=1S/C7H15NO/c1-6-3-2-4-8-7(6)5-9/h6-9H,2-5H2,1H3/t6-,7-/m0/s1. The van der Waals surface area contributed by atoms with E-state index in [2.05, 4.69) is 12.2 Å². The SMILES string of the molecule is C[C@H]1CCCN[C@H]1CO. The van der Waals surface area contributed by atoms with Crippen LogP contribution in [0.25, 0.3) is 0 Å². The van der Waals surface area contributed by atoms with Gasteiger partial charge in [-0.3, -0.25) is 0 Å². The summed E-state index contributed by atoms with van der Waals surface area (Å²) in [6, 6.07) is 0.360. The monoisotopic (exact) mass is 129 g/mol. The molecule has 1 rings (SSSR count). The van der Waals surface area contributed by atoms with E-state index in [-0.39, 0.29) is 0 Å². The molecular formula is C7H15NO. The average molecular weight is 129 g/mol. The molecule has 0 radical (unpaired) electrons. The quantitative estimate of drug-likeness (QED) is 0.536. The van der Waals surface area contributed by atoms with Crippen molar-refractivity contribution in [2.75, 3.05) is 13.2 Å². The van der Waals surface area contributed by atoms with Gasteiger partial charge in [0.25, 0.3) is 0 Å². The fraction of sp³-hybridized carbons (Fsp3) is 1.00. The van der Waals surface area contributed by atoms with Gasteiger partial charge in [-0.1, -0.05) is 6.92 Å². The van der Waals surface area contributed by atoms with Crippen molar-refractivity contribution in [2.24, 2.45) is 5.92 Å². The number of piperidine rings is 1. The van der Waals surface area contributed by atoms with Gasteiger partial charge in [-0.2, -0.15) is 0 Å². The maximum atomic E-state index is 8.80. The highest BCUT2D eigenvalue weighted by atomic mass is 16.3. The van der Waals surface area contributed by atoms with Crippen LogP contribution in [0.4, 0.5) is 0 Å². The lowest BCUT2D eigenvalue weighted by atomic mass is 9.93. The topological polar surface area (TPSA) is 32.3 Å². The average Bonchev–Trinajstić information content (AvgIpc) is 1.89. The zero-order valence-electron chi connectivity index (χ0n) is 5.93. The normalized spacial score (nSPS) is 36.7. The third kappa shape index (κ3) is 1.66. The lowest BCUT2D eigenvalue weighted by Gasteiger charge is -2.28. The summed E-state index contributed by atoms with van der Waals surface area (Å²) in [5.74, 6) is 0.656. The molecule has 0 unspecified atom stereocenters. The zero-order valence-corrected chi connectivity index (χ0v) is 5.93. The molecule has 2 heteroatoms. The van der Waals surface area contributed by atoms with Crippen molar-refractivity contribution in [3.63, 3.8) is 0 Å². The van der Waals surface area contributed by atoms with Gasteiger partial charge in [0.1, 0.15) is 0 Å². The first-order valence-electron chi connectivity index (χ1n) is 3.69. The molecule has 54 valence electrons. The molecule has 0 saturated carbocycles. The molecule has 0 aliphatic carbocycles. The summed E-state index contributed by atoms with van der Waals surface area (Å²) in [5.41, 5.74) is 0. The molecule has 1 aliphatic heterocycles. The van der Waals surface area contributed by atoms with Gasteiger partial charge < -0.3 is 10.4 Å². The summed E-state index contributed by atoms with van der Waals surface area (Å²) in [4.78, 5) is 0. The van der Waals surface area contributed by atoms with E-state index in [1.165, 1.54) is 12.8 Å². The fourth-order valence-electron chi connectivity index (χ4n) is 1.36. The number of aliphatic hydroxyl groups excluding tert-OH is 1. The first-order chi connectivity index (χ1) is 4.34. The van der Waals surface area contributed by atoms with Crippen molar-refractivity contribution < 1.29 is 5.11 Å². The van der Waals surface area contributed by atoms with Crippen LogP contribution in [0.15, 0.2) is 0 Å². The van der Waals surface area contributed by atoms with Gasteiger partial charge >= 0.3 is 0 Å². The second-order valence-electron chi connectivity index (χ2n) is 2.86. The van der Waals surface area contributed by atoms with Crippen LogP contribution in [-0.4, -0.2) is 24.3 Å². The van der Waals surface area contributed by atoms with Crippen LogP contribution in [0.1, 0.15) is 19.8 Å². The van der Waals surface area contributed by atoms with Crippen LogP contribution in [-0.2, 0) is 0 Å². The Labute approximate surface area is 56.3 Å². The summed E-state index contributed by atoms with van der Waals surface area (Å²) in [6.07, 6.45) is 2.52. The number of rotatable bonds is 1. The molecule has 1 saturated heterocycles. The van der Waals surface area contributed by atoms with Crippen LogP contribution in [0.2, 0.25) is 0 Å². The van der Waals surface area contributed by atoms with Gasteiger partial charge in [0.2, 0.25) is 0 Å². The minimum atomic E-state index is 0.293. The minimum absolute atomic E-state index is 0.293. The van der Waals surface area contributed by atoms with Gasteiger partial charge in [0.05, 0.1) is 6.61 Å². The highest BCUT2D eigenvalue weighted by Gasteiger charge is 2.18. The molecule has 1 aliphatic rings. The summed E-state index contributed by atoms with van der Waals surface area (Å²) < 4.78 is 0. The van der Waals surface area contributed by atoms with Gasteiger partial charge in [-0.05, 0) is 25.3 Å². The lowest BCUT2D eigenvalue weighted by Crippen LogP contribution is -2.42. The van der Waals surface area contributed by atoms with Gasteiger partial charge in [0.15, 0.2) is 0 Å².